The van der Waals surface area contributed by atoms with E-state index in [1.54, 1.807) is 0 Å². The molecule has 0 unspecified atom stereocenters. The highest BCUT2D eigenvalue weighted by Crippen LogP contribution is 2.27. The van der Waals surface area contributed by atoms with E-state index < -0.39 is 6.04 Å². The lowest BCUT2D eigenvalue weighted by Crippen LogP contribution is -2.49. The number of aliphatic imine (C=N–C) groups is 1. The summed E-state index contributed by atoms with van der Waals surface area (Å²) in [7, 11) is 0. The molecule has 0 saturated carbocycles. The highest BCUT2D eigenvalue weighted by Gasteiger charge is 2.32. The molecule has 2 amide bonds. The number of benzene rings is 4. The van der Waals surface area contributed by atoms with Crippen LogP contribution in [0.1, 0.15) is 46.7 Å². The Labute approximate surface area is 258 Å². The Bertz CT molecular complexity index is 1550. The van der Waals surface area contributed by atoms with Gasteiger partial charge in [-0.1, -0.05) is 72.8 Å². The van der Waals surface area contributed by atoms with E-state index in [-0.39, 0.29) is 29.7 Å². The van der Waals surface area contributed by atoms with Crippen LogP contribution in [0.4, 0.5) is 5.69 Å². The summed E-state index contributed by atoms with van der Waals surface area (Å²) in [6.07, 6.45) is 1.92. The van der Waals surface area contributed by atoms with Crippen LogP contribution >= 0.6 is 0 Å². The first-order valence-electron chi connectivity index (χ1n) is 15.1. The fourth-order valence-corrected chi connectivity index (χ4v) is 5.85. The Morgan fingerprint density at radius 3 is 2.27 bits per heavy atom. The molecule has 1 aliphatic heterocycles. The van der Waals surface area contributed by atoms with E-state index in [1.807, 2.05) is 77.7 Å². The number of amides is 2. The van der Waals surface area contributed by atoms with Gasteiger partial charge in [0.05, 0.1) is 6.04 Å². The summed E-state index contributed by atoms with van der Waals surface area (Å²) < 4.78 is 0. The molecular weight excluding hydrogens is 550 g/mol. The Kier molecular flexibility index (Phi) is 10.1. The highest BCUT2D eigenvalue weighted by molar-refractivity contribution is 5.99. The van der Waals surface area contributed by atoms with E-state index in [4.69, 9.17) is 17.2 Å². The lowest BCUT2D eigenvalue weighted by molar-refractivity contribution is -0.133. The summed E-state index contributed by atoms with van der Waals surface area (Å²) in [4.78, 5) is 33.2. The first-order chi connectivity index (χ1) is 21.4. The maximum atomic E-state index is 14.0. The van der Waals surface area contributed by atoms with Crippen LogP contribution in [0.2, 0.25) is 0 Å². The summed E-state index contributed by atoms with van der Waals surface area (Å²) in [6.45, 7) is 1.97. The highest BCUT2D eigenvalue weighted by atomic mass is 16.2. The first-order valence-corrected chi connectivity index (χ1v) is 15.1. The fourth-order valence-electron chi connectivity index (χ4n) is 5.85. The molecule has 9 nitrogen and oxygen atoms in total. The average Bonchev–Trinajstić information content (AvgIpc) is 3.19. The summed E-state index contributed by atoms with van der Waals surface area (Å²) >= 11 is 0. The van der Waals surface area contributed by atoms with Gasteiger partial charge in [-0.3, -0.25) is 14.6 Å². The number of rotatable bonds is 11. The van der Waals surface area contributed by atoms with Crippen molar-refractivity contribution < 1.29 is 9.59 Å². The summed E-state index contributed by atoms with van der Waals surface area (Å²) in [6, 6.07) is 31.3. The normalized spacial score (nSPS) is 16.9. The van der Waals surface area contributed by atoms with Gasteiger partial charge in [-0.15, -0.1) is 0 Å². The largest absolute Gasteiger partial charge is 0.399 e. The fraction of sp³-hybridized carbons (Fsp3) is 0.286. The molecule has 9 heteroatoms. The third-order valence-electron chi connectivity index (χ3n) is 8.18. The van der Waals surface area contributed by atoms with E-state index in [9.17, 15) is 9.59 Å². The molecule has 1 fully saturated rings. The maximum absolute atomic E-state index is 14.0. The Morgan fingerprint density at radius 2 is 1.59 bits per heavy atom. The average molecular weight is 592 g/mol. The van der Waals surface area contributed by atoms with Gasteiger partial charge in [0.1, 0.15) is 0 Å². The van der Waals surface area contributed by atoms with Gasteiger partial charge in [-0.05, 0) is 65.4 Å². The molecule has 0 radical (unpaired) electrons. The molecule has 0 spiro atoms. The number of fused-ring (bicyclic) bond motifs is 1. The molecule has 1 heterocycles. The van der Waals surface area contributed by atoms with Gasteiger partial charge >= 0.3 is 0 Å². The molecule has 4 aromatic rings. The van der Waals surface area contributed by atoms with Crippen LogP contribution < -0.4 is 27.8 Å². The smallest absolute Gasteiger partial charge is 0.251 e. The molecule has 2 atom stereocenters. The zero-order valence-corrected chi connectivity index (χ0v) is 24.9. The van der Waals surface area contributed by atoms with Crippen molar-refractivity contribution in [2.75, 3.05) is 31.9 Å². The number of nitrogens with one attached hydrogen (secondary N) is 2. The minimum absolute atomic E-state index is 0.0307. The molecule has 0 bridgehead atoms. The molecule has 0 aliphatic carbocycles. The van der Waals surface area contributed by atoms with Crippen LogP contribution in [0.3, 0.4) is 0 Å². The van der Waals surface area contributed by atoms with Crippen molar-refractivity contribution in [2.24, 2.45) is 16.5 Å². The van der Waals surface area contributed by atoms with Crippen molar-refractivity contribution in [3.63, 3.8) is 0 Å². The molecule has 44 heavy (non-hydrogen) atoms. The van der Waals surface area contributed by atoms with Crippen molar-refractivity contribution in [3.8, 4) is 0 Å². The SMILES string of the molecule is NC(N)=NCCC[C@@H]1N[C@H](CNC(=O)c2ccc3cc(N)ccc3c2)CCN(CC(c2ccccc2)c2ccccc2)C1=O. The Balaban J connectivity index is 1.31. The lowest BCUT2D eigenvalue weighted by atomic mass is 9.90. The second kappa shape index (κ2) is 14.5. The molecule has 1 saturated heterocycles. The van der Waals surface area contributed by atoms with Crippen molar-refractivity contribution >= 4 is 34.2 Å². The minimum Gasteiger partial charge on any atom is -0.399 e. The van der Waals surface area contributed by atoms with Gasteiger partial charge in [0.15, 0.2) is 5.96 Å². The number of hydrogen-bond donors (Lipinski definition) is 5. The summed E-state index contributed by atoms with van der Waals surface area (Å²) in [5.74, 6) is -0.0362. The van der Waals surface area contributed by atoms with Gasteiger partial charge in [0.25, 0.3) is 5.91 Å². The van der Waals surface area contributed by atoms with Gasteiger partial charge in [0, 0.05) is 49.4 Å². The Morgan fingerprint density at radius 1 is 0.932 bits per heavy atom. The molecule has 228 valence electrons. The topological polar surface area (TPSA) is 152 Å². The molecule has 8 N–H and O–H groups in total. The van der Waals surface area contributed by atoms with Crippen LogP contribution in [-0.4, -0.2) is 60.9 Å². The van der Waals surface area contributed by atoms with E-state index in [1.165, 1.54) is 0 Å². The lowest BCUT2D eigenvalue weighted by Gasteiger charge is -2.29. The summed E-state index contributed by atoms with van der Waals surface area (Å²) in [5, 5.41) is 8.57. The molecule has 5 rings (SSSR count). The quantitative estimate of drug-likeness (QED) is 0.0778. The predicted molar refractivity (Wildman–Crippen MR) is 177 cm³/mol. The molecular formula is C35H41N7O2. The minimum atomic E-state index is -0.424. The van der Waals surface area contributed by atoms with Gasteiger partial charge in [0.2, 0.25) is 5.91 Å². The molecule has 1 aliphatic rings. The zero-order chi connectivity index (χ0) is 30.9. The van der Waals surface area contributed by atoms with E-state index in [0.717, 1.165) is 21.9 Å². The third kappa shape index (κ3) is 7.93. The van der Waals surface area contributed by atoms with Crippen molar-refractivity contribution in [3.05, 3.63) is 114 Å². The van der Waals surface area contributed by atoms with Crippen LogP contribution in [0.15, 0.2) is 102 Å². The monoisotopic (exact) mass is 591 g/mol. The van der Waals surface area contributed by atoms with Crippen LogP contribution in [0.5, 0.6) is 0 Å². The van der Waals surface area contributed by atoms with Crippen molar-refractivity contribution in [1.29, 1.82) is 0 Å². The van der Waals surface area contributed by atoms with Crippen molar-refractivity contribution in [2.45, 2.75) is 37.3 Å². The second-order valence-electron chi connectivity index (χ2n) is 11.3. The Hall–Kier alpha value is -4.89. The maximum Gasteiger partial charge on any atom is 0.251 e. The van der Waals surface area contributed by atoms with Crippen LogP contribution in [0, 0.1) is 0 Å². The van der Waals surface area contributed by atoms with Gasteiger partial charge < -0.3 is 32.7 Å². The molecule has 0 aromatic heterocycles. The third-order valence-corrected chi connectivity index (χ3v) is 8.18. The summed E-state index contributed by atoms with van der Waals surface area (Å²) in [5.41, 5.74) is 20.5. The van der Waals surface area contributed by atoms with E-state index >= 15 is 0 Å². The standard InChI is InChI=1S/C35H41N7O2/c36-29-16-15-26-20-28(14-13-27(26)21-29)33(43)40-22-30-17-19-42(34(44)32(41-30)12-7-18-39-35(37)38)23-31(24-8-3-1-4-9-24)25-10-5-2-6-11-25/h1-6,8-11,13-16,20-21,30-32,41H,7,12,17-19,22-23,36H2,(H,40,43)(H4,37,38,39)/t30-,32-/m0/s1. The number of nitrogen functional groups attached to an aromatic ring is 1. The van der Waals surface area contributed by atoms with E-state index in [0.29, 0.717) is 56.7 Å². The number of guanidine groups is 1. The number of nitrogens with two attached hydrogens (primary N) is 3. The zero-order valence-electron chi connectivity index (χ0n) is 24.9. The van der Waals surface area contributed by atoms with Gasteiger partial charge in [-0.2, -0.15) is 0 Å². The number of anilines is 1. The van der Waals surface area contributed by atoms with Crippen LogP contribution in [0.25, 0.3) is 10.8 Å². The predicted octanol–water partition coefficient (Wildman–Crippen LogP) is 3.60. The van der Waals surface area contributed by atoms with E-state index in [2.05, 4.69) is 39.9 Å². The van der Waals surface area contributed by atoms with Gasteiger partial charge in [-0.25, -0.2) is 0 Å². The first kappa shape index (κ1) is 30.6. The number of nitrogens with zero attached hydrogens (tertiary/aromatic N) is 2. The number of carbonyl (C=O) groups is 2. The number of hydrogen-bond acceptors (Lipinski definition) is 5. The molecule has 4 aromatic carbocycles. The number of carbonyl (C=O) groups excluding carboxylic acids is 2. The van der Waals surface area contributed by atoms with Crippen molar-refractivity contribution in [1.82, 2.24) is 15.5 Å². The second-order valence-corrected chi connectivity index (χ2v) is 11.3. The van der Waals surface area contributed by atoms with Crippen LogP contribution in [-0.2, 0) is 4.79 Å².